The van der Waals surface area contributed by atoms with Crippen molar-refractivity contribution >= 4 is 5.97 Å². The van der Waals surface area contributed by atoms with E-state index in [1.807, 2.05) is 0 Å². The molecule has 1 fully saturated rings. The van der Waals surface area contributed by atoms with Crippen molar-refractivity contribution in [2.24, 2.45) is 0 Å². The van der Waals surface area contributed by atoms with E-state index in [-0.39, 0.29) is 0 Å². The summed E-state index contributed by atoms with van der Waals surface area (Å²) in [5.41, 5.74) is 0. The van der Waals surface area contributed by atoms with Crippen LogP contribution in [0.25, 0.3) is 0 Å². The Morgan fingerprint density at radius 2 is 2.42 bits per heavy atom. The van der Waals surface area contributed by atoms with Crippen LogP contribution in [-0.4, -0.2) is 25.7 Å². The average molecular weight is 167 g/mol. The van der Waals surface area contributed by atoms with E-state index in [0.29, 0.717) is 12.6 Å². The molecule has 1 aliphatic rings. The smallest absolute Gasteiger partial charge is 0.384 e. The van der Waals surface area contributed by atoms with E-state index in [9.17, 15) is 4.79 Å². The number of hydrogen-bond acceptors (Lipinski definition) is 3. The van der Waals surface area contributed by atoms with E-state index in [4.69, 9.17) is 0 Å². The maximum absolute atomic E-state index is 10.5. The van der Waals surface area contributed by atoms with Crippen LogP contribution in [0.5, 0.6) is 0 Å². The highest BCUT2D eigenvalue weighted by Gasteiger charge is 2.14. The molecular weight excluding hydrogens is 154 g/mol. The van der Waals surface area contributed by atoms with E-state index in [0.717, 1.165) is 0 Å². The summed E-state index contributed by atoms with van der Waals surface area (Å²) in [5, 5.41) is 3.22. The maximum Gasteiger partial charge on any atom is 0.384 e. The lowest BCUT2D eigenvalue weighted by Crippen LogP contribution is -2.35. The number of carbonyl (C=O) groups is 1. The Morgan fingerprint density at radius 3 is 2.92 bits per heavy atom. The van der Waals surface area contributed by atoms with Gasteiger partial charge in [0, 0.05) is 12.0 Å². The zero-order valence-corrected chi connectivity index (χ0v) is 7.22. The van der Waals surface area contributed by atoms with Gasteiger partial charge in [0.1, 0.15) is 0 Å². The third-order valence-corrected chi connectivity index (χ3v) is 1.96. The number of hydrogen-bond donors (Lipinski definition) is 1. The third kappa shape index (κ3) is 2.93. The number of methoxy groups -OCH3 is 1. The largest absolute Gasteiger partial charge is 0.459 e. The van der Waals surface area contributed by atoms with Crippen LogP contribution in [0.15, 0.2) is 0 Å². The van der Waals surface area contributed by atoms with Gasteiger partial charge >= 0.3 is 5.97 Å². The molecule has 0 saturated heterocycles. The van der Waals surface area contributed by atoms with Gasteiger partial charge in [-0.25, -0.2) is 4.79 Å². The van der Waals surface area contributed by atoms with Crippen LogP contribution in [0.2, 0.25) is 0 Å². The van der Waals surface area contributed by atoms with Gasteiger partial charge in [0.25, 0.3) is 0 Å². The van der Waals surface area contributed by atoms with E-state index < -0.39 is 5.97 Å². The van der Waals surface area contributed by atoms with Crippen molar-refractivity contribution in [1.82, 2.24) is 5.32 Å². The molecule has 12 heavy (non-hydrogen) atoms. The van der Waals surface area contributed by atoms with Crippen molar-refractivity contribution in [3.05, 3.63) is 0 Å². The average Bonchev–Trinajstić information content (AvgIpc) is 2.00. The molecule has 0 atom stereocenters. The zero-order chi connectivity index (χ0) is 8.81. The summed E-state index contributed by atoms with van der Waals surface area (Å²) in [6.45, 7) is 0.583. The predicted molar refractivity (Wildman–Crippen MR) is 45.4 cm³/mol. The van der Waals surface area contributed by atoms with Gasteiger partial charge < -0.3 is 10.1 Å². The van der Waals surface area contributed by atoms with Crippen molar-refractivity contribution in [3.8, 4) is 11.8 Å². The van der Waals surface area contributed by atoms with Crippen LogP contribution in [0.4, 0.5) is 0 Å². The van der Waals surface area contributed by atoms with Crippen LogP contribution >= 0.6 is 0 Å². The fourth-order valence-corrected chi connectivity index (χ4v) is 0.975. The number of carbonyl (C=O) groups excluding carboxylic acids is 1. The first-order valence-electron chi connectivity index (χ1n) is 4.13. The fraction of sp³-hybridized carbons (Fsp3) is 0.667. The SMILES string of the molecule is COC(=O)C#CCNC1CCC1. The molecule has 0 radical (unpaired) electrons. The van der Waals surface area contributed by atoms with Crippen LogP contribution in [-0.2, 0) is 9.53 Å². The van der Waals surface area contributed by atoms with E-state index in [1.165, 1.54) is 26.4 Å². The maximum atomic E-state index is 10.5. The molecular formula is C9H13NO2. The first-order valence-corrected chi connectivity index (χ1v) is 4.13. The van der Waals surface area contributed by atoms with E-state index in [2.05, 4.69) is 21.9 Å². The summed E-state index contributed by atoms with van der Waals surface area (Å²) < 4.78 is 4.36. The third-order valence-electron chi connectivity index (χ3n) is 1.96. The molecule has 3 nitrogen and oxygen atoms in total. The van der Waals surface area contributed by atoms with Crippen LogP contribution in [0, 0.1) is 11.8 Å². The highest BCUT2D eigenvalue weighted by atomic mass is 16.5. The van der Waals surface area contributed by atoms with Crippen LogP contribution < -0.4 is 5.32 Å². The molecule has 1 saturated carbocycles. The van der Waals surface area contributed by atoms with Gasteiger partial charge in [0.2, 0.25) is 0 Å². The quantitative estimate of drug-likeness (QED) is 0.365. The van der Waals surface area contributed by atoms with Gasteiger partial charge in [0.05, 0.1) is 13.7 Å². The number of nitrogens with one attached hydrogen (secondary N) is 1. The molecule has 0 amide bonds. The molecule has 0 spiro atoms. The number of esters is 1. The van der Waals surface area contributed by atoms with Gasteiger partial charge in [-0.1, -0.05) is 12.3 Å². The lowest BCUT2D eigenvalue weighted by atomic mass is 9.93. The molecule has 66 valence electrons. The van der Waals surface area contributed by atoms with Crippen LogP contribution in [0.1, 0.15) is 19.3 Å². The molecule has 0 aromatic carbocycles. The molecule has 0 aliphatic heterocycles. The summed E-state index contributed by atoms with van der Waals surface area (Å²) in [6.07, 6.45) is 3.78. The summed E-state index contributed by atoms with van der Waals surface area (Å²) in [6, 6.07) is 0.622. The summed E-state index contributed by atoms with van der Waals surface area (Å²) >= 11 is 0. The second kappa shape index (κ2) is 4.78. The molecule has 0 heterocycles. The lowest BCUT2D eigenvalue weighted by Gasteiger charge is -2.25. The van der Waals surface area contributed by atoms with Crippen molar-refractivity contribution < 1.29 is 9.53 Å². The molecule has 0 aromatic heterocycles. The van der Waals surface area contributed by atoms with Crippen LogP contribution in [0.3, 0.4) is 0 Å². The Hall–Kier alpha value is -1.01. The predicted octanol–water partition coefficient (Wildman–Crippen LogP) is 0.305. The molecule has 1 aliphatic carbocycles. The van der Waals surface area contributed by atoms with Gasteiger partial charge in [-0.05, 0) is 12.8 Å². The van der Waals surface area contributed by atoms with Gasteiger partial charge in [-0.2, -0.15) is 0 Å². The normalized spacial score (nSPS) is 15.8. The van der Waals surface area contributed by atoms with Crippen molar-refractivity contribution in [2.45, 2.75) is 25.3 Å². The minimum absolute atomic E-state index is 0.467. The number of rotatable bonds is 2. The monoisotopic (exact) mass is 167 g/mol. The Bertz CT molecular complexity index is 210. The van der Waals surface area contributed by atoms with Crippen molar-refractivity contribution in [3.63, 3.8) is 0 Å². The highest BCUT2D eigenvalue weighted by molar-refractivity contribution is 5.88. The minimum atomic E-state index is -0.467. The number of ether oxygens (including phenoxy) is 1. The van der Waals surface area contributed by atoms with E-state index in [1.54, 1.807) is 0 Å². The summed E-state index contributed by atoms with van der Waals surface area (Å²) in [7, 11) is 1.33. The summed E-state index contributed by atoms with van der Waals surface area (Å²) in [4.78, 5) is 10.5. The molecule has 0 bridgehead atoms. The first kappa shape index (κ1) is 9.08. The minimum Gasteiger partial charge on any atom is -0.459 e. The molecule has 0 unspecified atom stereocenters. The van der Waals surface area contributed by atoms with Gasteiger partial charge in [-0.3, -0.25) is 0 Å². The molecule has 3 heteroatoms. The second-order valence-corrected chi connectivity index (χ2v) is 2.80. The molecule has 1 N–H and O–H groups in total. The fourth-order valence-electron chi connectivity index (χ4n) is 0.975. The molecule has 1 rings (SSSR count). The summed E-state index contributed by atoms with van der Waals surface area (Å²) in [5.74, 6) is 4.59. The Kier molecular flexibility index (Phi) is 3.62. The van der Waals surface area contributed by atoms with Crippen molar-refractivity contribution in [1.29, 1.82) is 0 Å². The first-order chi connectivity index (χ1) is 5.83. The van der Waals surface area contributed by atoms with Gasteiger partial charge in [-0.15, -0.1) is 0 Å². The lowest BCUT2D eigenvalue weighted by molar-refractivity contribution is -0.133. The molecule has 0 aromatic rings. The second-order valence-electron chi connectivity index (χ2n) is 2.80. The Balaban J connectivity index is 2.05. The van der Waals surface area contributed by atoms with E-state index >= 15 is 0 Å². The van der Waals surface area contributed by atoms with Gasteiger partial charge in [0.15, 0.2) is 0 Å². The Labute approximate surface area is 72.5 Å². The van der Waals surface area contributed by atoms with Crippen molar-refractivity contribution in [2.75, 3.05) is 13.7 Å². The topological polar surface area (TPSA) is 38.3 Å². The highest BCUT2D eigenvalue weighted by Crippen LogP contribution is 2.17. The Morgan fingerprint density at radius 1 is 1.67 bits per heavy atom. The standard InChI is InChI=1S/C9H13NO2/c1-12-9(11)6-3-7-10-8-4-2-5-8/h8,10H,2,4-5,7H2,1H3. The zero-order valence-electron chi connectivity index (χ0n) is 7.22.